The summed E-state index contributed by atoms with van der Waals surface area (Å²) in [6.07, 6.45) is 4.50. The topological polar surface area (TPSA) is 75.7 Å². The number of methoxy groups -OCH3 is 1. The Morgan fingerprint density at radius 2 is 1.48 bits per heavy atom. The lowest BCUT2D eigenvalue weighted by Gasteiger charge is -2.53. The Morgan fingerprint density at radius 3 is 2.14 bits per heavy atom. The van der Waals surface area contributed by atoms with Crippen molar-refractivity contribution in [1.82, 2.24) is 4.90 Å². The van der Waals surface area contributed by atoms with Gasteiger partial charge in [0.15, 0.2) is 5.78 Å². The lowest BCUT2D eigenvalue weighted by atomic mass is 9.58. The molecule has 0 aromatic heterocycles. The van der Waals surface area contributed by atoms with E-state index in [-0.39, 0.29) is 11.5 Å². The van der Waals surface area contributed by atoms with E-state index in [1.54, 1.807) is 7.11 Å². The van der Waals surface area contributed by atoms with E-state index in [4.69, 9.17) is 28.4 Å². The number of benzene rings is 2. The van der Waals surface area contributed by atoms with Crippen molar-refractivity contribution in [2.45, 2.75) is 51.0 Å². The average molecular weight is 610 g/mol. The number of ketones is 1. The van der Waals surface area contributed by atoms with Crippen molar-refractivity contribution in [3.63, 3.8) is 0 Å². The van der Waals surface area contributed by atoms with Gasteiger partial charge in [-0.25, -0.2) is 0 Å². The summed E-state index contributed by atoms with van der Waals surface area (Å²) in [4.78, 5) is 16.2. The molecular formula is C36H51NO7. The minimum Gasteiger partial charge on any atom is -0.491 e. The third kappa shape index (κ3) is 8.47. The van der Waals surface area contributed by atoms with Crippen LogP contribution in [0.5, 0.6) is 5.75 Å². The van der Waals surface area contributed by atoms with Gasteiger partial charge in [0.25, 0.3) is 0 Å². The Hall–Kier alpha value is -2.33. The van der Waals surface area contributed by atoms with Crippen LogP contribution in [0.1, 0.15) is 60.2 Å². The normalized spacial score (nSPS) is 23.1. The highest BCUT2D eigenvalue weighted by Crippen LogP contribution is 2.49. The number of nitrogens with zero attached hydrogens (tertiary/aromatic N) is 1. The number of piperidine rings is 1. The van der Waals surface area contributed by atoms with Gasteiger partial charge in [-0.1, -0.05) is 50.2 Å². The molecule has 1 saturated carbocycles. The van der Waals surface area contributed by atoms with Crippen molar-refractivity contribution >= 4 is 5.78 Å². The molecule has 5 rings (SSSR count). The molecule has 2 bridgehead atoms. The Morgan fingerprint density at radius 1 is 0.841 bits per heavy atom. The summed E-state index contributed by atoms with van der Waals surface area (Å²) in [6.45, 7) is 12.1. The Balaban J connectivity index is 1.05. The van der Waals surface area contributed by atoms with Crippen molar-refractivity contribution in [1.29, 1.82) is 0 Å². The van der Waals surface area contributed by atoms with E-state index >= 15 is 0 Å². The van der Waals surface area contributed by atoms with E-state index < -0.39 is 0 Å². The number of fused-ring (bicyclic) bond motifs is 4. The smallest absolute Gasteiger partial charge is 0.180 e. The van der Waals surface area contributed by atoms with Gasteiger partial charge >= 0.3 is 0 Å². The Kier molecular flexibility index (Phi) is 12.2. The molecule has 2 aromatic carbocycles. The van der Waals surface area contributed by atoms with Crippen LogP contribution in [0.25, 0.3) is 0 Å². The van der Waals surface area contributed by atoms with E-state index in [9.17, 15) is 4.79 Å². The van der Waals surface area contributed by atoms with Gasteiger partial charge in [0.05, 0.1) is 65.5 Å². The van der Waals surface area contributed by atoms with Gasteiger partial charge < -0.3 is 28.4 Å². The maximum atomic E-state index is 13.7. The minimum atomic E-state index is 0.0200. The molecule has 2 fully saturated rings. The lowest BCUT2D eigenvalue weighted by Crippen LogP contribution is -2.61. The number of hydrogen-bond acceptors (Lipinski definition) is 8. The third-order valence-electron chi connectivity index (χ3n) is 9.61. The number of Topliss-reactive ketones (excluding diaryl/α,β-unsaturated/α-hetero) is 1. The van der Waals surface area contributed by atoms with Gasteiger partial charge in [-0.2, -0.15) is 0 Å². The monoisotopic (exact) mass is 609 g/mol. The highest BCUT2D eigenvalue weighted by atomic mass is 16.6. The molecule has 8 nitrogen and oxygen atoms in total. The van der Waals surface area contributed by atoms with Gasteiger partial charge in [0, 0.05) is 25.6 Å². The first-order valence-corrected chi connectivity index (χ1v) is 16.4. The molecule has 2 aromatic rings. The number of carbonyl (C=O) groups excluding carboxylic acids is 1. The zero-order chi connectivity index (χ0) is 30.8. The lowest BCUT2D eigenvalue weighted by molar-refractivity contribution is -0.00980. The van der Waals surface area contributed by atoms with Crippen LogP contribution in [-0.2, 0) is 35.5 Å². The quantitative estimate of drug-likeness (QED) is 0.196. The van der Waals surface area contributed by atoms with Gasteiger partial charge in [-0.15, -0.1) is 0 Å². The van der Waals surface area contributed by atoms with Crippen LogP contribution in [0.3, 0.4) is 0 Å². The van der Waals surface area contributed by atoms with Crippen LogP contribution in [0, 0.1) is 11.8 Å². The fraction of sp³-hybridized carbons (Fsp3) is 0.639. The van der Waals surface area contributed by atoms with Crippen molar-refractivity contribution in [3.8, 4) is 5.75 Å². The molecule has 8 heteroatoms. The molecule has 2 aliphatic carbocycles. The molecule has 1 heterocycles. The zero-order valence-corrected chi connectivity index (χ0v) is 26.9. The van der Waals surface area contributed by atoms with E-state index in [1.807, 2.05) is 12.1 Å². The van der Waals surface area contributed by atoms with Gasteiger partial charge in [-0.05, 0) is 65.8 Å². The predicted octanol–water partition coefficient (Wildman–Crippen LogP) is 4.94. The van der Waals surface area contributed by atoms with E-state index in [0.29, 0.717) is 77.8 Å². The number of likely N-dealkylation sites (tertiary alicyclic amines) is 1. The van der Waals surface area contributed by atoms with Crippen LogP contribution in [-0.4, -0.2) is 103 Å². The Bertz CT molecular complexity index is 1200. The maximum absolute atomic E-state index is 13.7. The fourth-order valence-corrected chi connectivity index (χ4v) is 6.69. The summed E-state index contributed by atoms with van der Waals surface area (Å²) in [5.41, 5.74) is 4.55. The Labute approximate surface area is 263 Å². The molecule has 0 radical (unpaired) electrons. The second-order valence-electron chi connectivity index (χ2n) is 12.7. The molecule has 1 aliphatic heterocycles. The average Bonchev–Trinajstić information content (AvgIpc) is 3.85. The number of para-hydroxylation sites is 1. The molecule has 1 saturated heterocycles. The van der Waals surface area contributed by atoms with E-state index in [1.165, 1.54) is 24.0 Å². The van der Waals surface area contributed by atoms with Crippen molar-refractivity contribution in [3.05, 3.63) is 64.7 Å². The number of ether oxygens (including phenoxy) is 6. The van der Waals surface area contributed by atoms with Crippen molar-refractivity contribution < 1.29 is 33.2 Å². The van der Waals surface area contributed by atoms with Crippen LogP contribution in [0.2, 0.25) is 0 Å². The molecule has 0 spiro atoms. The van der Waals surface area contributed by atoms with Gasteiger partial charge in [-0.3, -0.25) is 9.69 Å². The van der Waals surface area contributed by atoms with Crippen LogP contribution in [0.4, 0.5) is 0 Å². The van der Waals surface area contributed by atoms with Crippen molar-refractivity contribution in [2.75, 3.05) is 86.3 Å². The largest absolute Gasteiger partial charge is 0.491 e. The molecule has 242 valence electrons. The minimum absolute atomic E-state index is 0.0200. The predicted molar refractivity (Wildman–Crippen MR) is 170 cm³/mol. The molecule has 0 amide bonds. The number of hydrogen-bond donors (Lipinski definition) is 0. The molecular weight excluding hydrogens is 558 g/mol. The van der Waals surface area contributed by atoms with Crippen LogP contribution in [0.15, 0.2) is 42.5 Å². The molecule has 44 heavy (non-hydrogen) atoms. The number of carbonyl (C=O) groups is 1. The number of rotatable bonds is 20. The first-order valence-electron chi connectivity index (χ1n) is 16.4. The second-order valence-corrected chi connectivity index (χ2v) is 12.7. The highest BCUT2D eigenvalue weighted by molar-refractivity contribution is 6.03. The summed E-state index contributed by atoms with van der Waals surface area (Å²) in [5.74, 6) is 2.30. The molecule has 1 unspecified atom stereocenters. The highest BCUT2D eigenvalue weighted by Gasteiger charge is 2.52. The van der Waals surface area contributed by atoms with E-state index in [0.717, 1.165) is 48.7 Å². The first-order chi connectivity index (χ1) is 21.5. The SMILES string of the molecule is COCCOCCOCCOCCOCCOc1ccccc1Cc1ccc2c(c1)[C@]1(C)CCN(CC3CC3)C(C2=O)[C@@H]1C. The second kappa shape index (κ2) is 16.3. The van der Waals surface area contributed by atoms with Gasteiger partial charge in [0.1, 0.15) is 12.4 Å². The van der Waals surface area contributed by atoms with E-state index in [2.05, 4.69) is 49.1 Å². The standard InChI is InChI=1S/C36H51NO7/c1-27-34-35(38)31-11-10-29(25-32(31)36(27,2)12-13-37(34)26-28-8-9-28)24-30-6-4-5-7-33(30)44-23-22-43-21-20-42-19-18-41-17-16-40-15-14-39-3/h4-7,10-11,25,27-28,34H,8-9,12-24,26H2,1-3H3/t27-,34?,36+/m0/s1. The first kappa shape index (κ1) is 33.0. The molecule has 0 N–H and O–H groups in total. The zero-order valence-electron chi connectivity index (χ0n) is 26.9. The van der Waals surface area contributed by atoms with Crippen LogP contribution < -0.4 is 4.74 Å². The van der Waals surface area contributed by atoms with Crippen molar-refractivity contribution in [2.24, 2.45) is 11.8 Å². The summed E-state index contributed by atoms with van der Waals surface area (Å²) >= 11 is 0. The summed E-state index contributed by atoms with van der Waals surface area (Å²) in [5, 5.41) is 0. The molecule has 3 atom stereocenters. The summed E-state index contributed by atoms with van der Waals surface area (Å²) < 4.78 is 33.1. The molecule has 3 aliphatic rings. The summed E-state index contributed by atoms with van der Waals surface area (Å²) in [7, 11) is 1.65. The third-order valence-corrected chi connectivity index (χ3v) is 9.61. The fourth-order valence-electron chi connectivity index (χ4n) is 6.69. The summed E-state index contributed by atoms with van der Waals surface area (Å²) in [6, 6.07) is 14.8. The van der Waals surface area contributed by atoms with Crippen LogP contribution >= 0.6 is 0 Å². The maximum Gasteiger partial charge on any atom is 0.180 e. The van der Waals surface area contributed by atoms with Gasteiger partial charge in [0.2, 0.25) is 0 Å².